The zero-order valence-electron chi connectivity index (χ0n) is 11.2. The quantitative estimate of drug-likeness (QED) is 0.697. The summed E-state index contributed by atoms with van der Waals surface area (Å²) >= 11 is 0. The van der Waals surface area contributed by atoms with Crippen molar-refractivity contribution in [1.82, 2.24) is 10.2 Å². The molecule has 0 aromatic heterocycles. The molecule has 1 aromatic rings. The Kier molecular flexibility index (Phi) is 6.39. The second-order valence-electron chi connectivity index (χ2n) is 4.51. The van der Waals surface area contributed by atoms with Crippen LogP contribution in [0.4, 0.5) is 0 Å². The van der Waals surface area contributed by atoms with E-state index < -0.39 is 6.04 Å². The number of benzene rings is 1. The third-order valence-electron chi connectivity index (χ3n) is 2.91. The van der Waals surface area contributed by atoms with E-state index in [-0.39, 0.29) is 5.91 Å². The van der Waals surface area contributed by atoms with Crippen molar-refractivity contribution in [1.29, 1.82) is 0 Å². The molecule has 18 heavy (non-hydrogen) atoms. The highest BCUT2D eigenvalue weighted by Gasteiger charge is 2.17. The van der Waals surface area contributed by atoms with Crippen molar-refractivity contribution in [3.63, 3.8) is 0 Å². The summed E-state index contributed by atoms with van der Waals surface area (Å²) in [5.74, 6) is 0.00922. The van der Waals surface area contributed by atoms with Crippen molar-refractivity contribution in [3.8, 4) is 0 Å². The first-order valence-electron chi connectivity index (χ1n) is 6.34. The number of amides is 1. The highest BCUT2D eigenvalue weighted by atomic mass is 16.2. The lowest BCUT2D eigenvalue weighted by Gasteiger charge is -2.21. The van der Waals surface area contributed by atoms with Gasteiger partial charge in [-0.15, -0.1) is 0 Å². The third kappa shape index (κ3) is 4.85. The molecule has 1 amide bonds. The van der Waals surface area contributed by atoms with E-state index in [1.54, 1.807) is 4.90 Å². The second kappa shape index (κ2) is 7.84. The lowest BCUT2D eigenvalue weighted by Crippen LogP contribution is -2.43. The first kappa shape index (κ1) is 14.7. The van der Waals surface area contributed by atoms with E-state index in [2.05, 4.69) is 5.32 Å². The summed E-state index contributed by atoms with van der Waals surface area (Å²) in [6, 6.07) is 9.42. The summed E-state index contributed by atoms with van der Waals surface area (Å²) in [4.78, 5) is 13.7. The average Bonchev–Trinajstić information content (AvgIpc) is 2.39. The molecule has 0 saturated heterocycles. The number of hydrogen-bond donors (Lipinski definition) is 2. The molecule has 100 valence electrons. The lowest BCUT2D eigenvalue weighted by atomic mass is 10.1. The van der Waals surface area contributed by atoms with Crippen LogP contribution in [0, 0.1) is 0 Å². The largest absolute Gasteiger partial charge is 0.344 e. The van der Waals surface area contributed by atoms with Gasteiger partial charge in [0.1, 0.15) is 0 Å². The lowest BCUT2D eigenvalue weighted by molar-refractivity contribution is -0.131. The Labute approximate surface area is 109 Å². The predicted molar refractivity (Wildman–Crippen MR) is 74.3 cm³/mol. The second-order valence-corrected chi connectivity index (χ2v) is 4.51. The molecule has 4 heteroatoms. The molecule has 1 rings (SSSR count). The van der Waals surface area contributed by atoms with E-state index in [1.807, 2.05) is 44.4 Å². The number of carbonyl (C=O) groups is 1. The smallest absolute Gasteiger partial charge is 0.239 e. The number of carbonyl (C=O) groups excluding carboxylic acids is 1. The fourth-order valence-corrected chi connectivity index (χ4v) is 1.84. The summed E-state index contributed by atoms with van der Waals surface area (Å²) in [7, 11) is 3.71. The molecule has 1 atom stereocenters. The highest BCUT2D eigenvalue weighted by Crippen LogP contribution is 2.04. The molecule has 0 heterocycles. The molecule has 1 aromatic carbocycles. The normalized spacial score (nSPS) is 12.2. The Morgan fingerprint density at radius 2 is 2.06 bits per heavy atom. The molecule has 0 unspecified atom stereocenters. The number of nitrogens with one attached hydrogen (secondary N) is 1. The van der Waals surface area contributed by atoms with Gasteiger partial charge < -0.3 is 16.0 Å². The van der Waals surface area contributed by atoms with Crippen LogP contribution >= 0.6 is 0 Å². The molecule has 0 radical (unpaired) electrons. The van der Waals surface area contributed by atoms with Gasteiger partial charge in [0.05, 0.1) is 6.04 Å². The van der Waals surface area contributed by atoms with E-state index in [0.29, 0.717) is 6.42 Å². The third-order valence-corrected chi connectivity index (χ3v) is 2.91. The molecular weight excluding hydrogens is 226 g/mol. The van der Waals surface area contributed by atoms with Crippen molar-refractivity contribution in [2.24, 2.45) is 5.73 Å². The van der Waals surface area contributed by atoms with Gasteiger partial charge in [-0.05, 0) is 32.0 Å². The number of nitrogens with two attached hydrogens (primary N) is 1. The van der Waals surface area contributed by atoms with Gasteiger partial charge in [0, 0.05) is 13.6 Å². The van der Waals surface area contributed by atoms with Crippen LogP contribution in [0.5, 0.6) is 0 Å². The first-order valence-corrected chi connectivity index (χ1v) is 6.34. The van der Waals surface area contributed by atoms with Crippen LogP contribution in [0.25, 0.3) is 0 Å². The molecule has 4 nitrogen and oxygen atoms in total. The predicted octanol–water partition coefficient (Wildman–Crippen LogP) is 0.624. The van der Waals surface area contributed by atoms with E-state index >= 15 is 0 Å². The molecule has 0 bridgehead atoms. The molecule has 0 fully saturated rings. The topological polar surface area (TPSA) is 58.4 Å². The van der Waals surface area contributed by atoms with E-state index in [4.69, 9.17) is 5.73 Å². The van der Waals surface area contributed by atoms with E-state index in [0.717, 1.165) is 25.1 Å². The van der Waals surface area contributed by atoms with Gasteiger partial charge in [0.25, 0.3) is 0 Å². The van der Waals surface area contributed by atoms with Gasteiger partial charge >= 0.3 is 0 Å². The van der Waals surface area contributed by atoms with Crippen LogP contribution in [-0.4, -0.2) is 44.0 Å². The number of likely N-dealkylation sites (N-methyl/N-ethyl adjacent to an activating group) is 1. The molecule has 3 N–H and O–H groups in total. The molecule has 0 spiro atoms. The van der Waals surface area contributed by atoms with Crippen LogP contribution in [-0.2, 0) is 11.2 Å². The first-order chi connectivity index (χ1) is 8.65. The van der Waals surface area contributed by atoms with Gasteiger partial charge in [-0.25, -0.2) is 0 Å². The van der Waals surface area contributed by atoms with E-state index in [9.17, 15) is 4.79 Å². The minimum atomic E-state index is -0.452. The number of nitrogens with zero attached hydrogens (tertiary/aromatic N) is 1. The molecule has 0 aliphatic rings. The molecular formula is C14H23N3O. The van der Waals surface area contributed by atoms with Crippen LogP contribution in [0.3, 0.4) is 0 Å². The van der Waals surface area contributed by atoms with Crippen molar-refractivity contribution < 1.29 is 4.79 Å². The van der Waals surface area contributed by atoms with Crippen molar-refractivity contribution in [2.75, 3.05) is 27.2 Å². The minimum absolute atomic E-state index is 0.00922. The monoisotopic (exact) mass is 249 g/mol. The maximum Gasteiger partial charge on any atom is 0.239 e. The number of hydrogen-bond acceptors (Lipinski definition) is 3. The van der Waals surface area contributed by atoms with Gasteiger partial charge in [-0.2, -0.15) is 0 Å². The molecule has 0 aliphatic heterocycles. The molecule has 0 saturated carbocycles. The van der Waals surface area contributed by atoms with Crippen molar-refractivity contribution in [3.05, 3.63) is 35.9 Å². The summed E-state index contributed by atoms with van der Waals surface area (Å²) < 4.78 is 0. The van der Waals surface area contributed by atoms with Crippen LogP contribution in [0.1, 0.15) is 12.0 Å². The summed E-state index contributed by atoms with van der Waals surface area (Å²) in [5, 5.41) is 3.06. The Bertz CT molecular complexity index is 353. The zero-order chi connectivity index (χ0) is 13.4. The standard InChI is InChI=1S/C14H23N3O/c1-16-9-6-10-17(2)14(18)13(15)11-12-7-4-3-5-8-12/h3-5,7-8,13,16H,6,9-11,15H2,1-2H3/t13-/m1/s1. The van der Waals surface area contributed by atoms with Gasteiger partial charge in [0.2, 0.25) is 5.91 Å². The Balaban J connectivity index is 2.41. The van der Waals surface area contributed by atoms with Gasteiger partial charge in [-0.1, -0.05) is 30.3 Å². The fourth-order valence-electron chi connectivity index (χ4n) is 1.84. The van der Waals surface area contributed by atoms with Crippen LogP contribution in [0.15, 0.2) is 30.3 Å². The van der Waals surface area contributed by atoms with Crippen LogP contribution < -0.4 is 11.1 Å². The summed E-state index contributed by atoms with van der Waals surface area (Å²) in [6.07, 6.45) is 1.53. The summed E-state index contributed by atoms with van der Waals surface area (Å²) in [5.41, 5.74) is 7.05. The van der Waals surface area contributed by atoms with Gasteiger partial charge in [0.15, 0.2) is 0 Å². The van der Waals surface area contributed by atoms with Crippen molar-refractivity contribution in [2.45, 2.75) is 18.9 Å². The summed E-state index contributed by atoms with van der Waals surface area (Å²) in [6.45, 7) is 1.65. The Morgan fingerprint density at radius 3 is 2.67 bits per heavy atom. The van der Waals surface area contributed by atoms with Crippen LogP contribution in [0.2, 0.25) is 0 Å². The minimum Gasteiger partial charge on any atom is -0.344 e. The Hall–Kier alpha value is -1.39. The average molecular weight is 249 g/mol. The highest BCUT2D eigenvalue weighted by molar-refractivity contribution is 5.81. The fraction of sp³-hybridized carbons (Fsp3) is 0.500. The number of rotatable bonds is 7. The van der Waals surface area contributed by atoms with Crippen molar-refractivity contribution >= 4 is 5.91 Å². The molecule has 0 aliphatic carbocycles. The maximum atomic E-state index is 12.0. The van der Waals surface area contributed by atoms with E-state index in [1.165, 1.54) is 0 Å². The SMILES string of the molecule is CNCCCN(C)C(=O)[C@H](N)Cc1ccccc1. The Morgan fingerprint density at radius 1 is 1.39 bits per heavy atom. The maximum absolute atomic E-state index is 12.0. The van der Waals surface area contributed by atoms with Gasteiger partial charge in [-0.3, -0.25) is 4.79 Å². The zero-order valence-corrected chi connectivity index (χ0v) is 11.2.